The summed E-state index contributed by atoms with van der Waals surface area (Å²) < 4.78 is 11.4. The maximum Gasteiger partial charge on any atom is 0.257 e. The molecule has 0 unspecified atom stereocenters. The van der Waals surface area contributed by atoms with Crippen LogP contribution in [0.5, 0.6) is 0 Å². The van der Waals surface area contributed by atoms with Gasteiger partial charge >= 0.3 is 0 Å². The monoisotopic (exact) mass is 301 g/mol. The van der Waals surface area contributed by atoms with Gasteiger partial charge in [0.15, 0.2) is 11.9 Å². The molecule has 1 aliphatic heterocycles. The van der Waals surface area contributed by atoms with Gasteiger partial charge in [-0.1, -0.05) is 5.16 Å². The average molecular weight is 301 g/mol. The Kier molecular flexibility index (Phi) is 3.29. The van der Waals surface area contributed by atoms with Crippen LogP contribution in [0.3, 0.4) is 0 Å². The van der Waals surface area contributed by atoms with Crippen LogP contribution in [-0.2, 0) is 4.74 Å². The first-order valence-electron chi connectivity index (χ1n) is 7.72. The molecule has 22 heavy (non-hydrogen) atoms. The van der Waals surface area contributed by atoms with Crippen LogP contribution < -0.4 is 4.90 Å². The Balaban J connectivity index is 1.56. The lowest BCUT2D eigenvalue weighted by atomic mass is 10.2. The van der Waals surface area contributed by atoms with E-state index in [1.165, 1.54) is 0 Å². The summed E-state index contributed by atoms with van der Waals surface area (Å²) in [6, 6.07) is 0. The summed E-state index contributed by atoms with van der Waals surface area (Å²) in [5.74, 6) is 2.76. The normalized spacial score (nSPS) is 25.5. The molecule has 7 heteroatoms. The largest absolute Gasteiger partial charge is 0.362 e. The van der Waals surface area contributed by atoms with E-state index in [2.05, 4.69) is 25.0 Å². The van der Waals surface area contributed by atoms with Crippen molar-refractivity contribution in [1.82, 2.24) is 20.1 Å². The van der Waals surface area contributed by atoms with E-state index in [9.17, 15) is 0 Å². The standard InChI is InChI=1S/C15H19N5O2/c1-9-7-20(14-10(2)16-5-6-17-14)8-12(21-9)15-18-13(19-22-15)11-3-4-11/h5-6,9,11-12H,3-4,7-8H2,1-2H3/t9-,12-/m1/s1. The maximum absolute atomic E-state index is 5.99. The summed E-state index contributed by atoms with van der Waals surface area (Å²) in [6.45, 7) is 5.44. The molecule has 3 heterocycles. The molecule has 0 radical (unpaired) electrons. The summed E-state index contributed by atoms with van der Waals surface area (Å²) in [5.41, 5.74) is 0.916. The molecular formula is C15H19N5O2. The lowest BCUT2D eigenvalue weighted by molar-refractivity contribution is -0.0334. The zero-order valence-corrected chi connectivity index (χ0v) is 12.8. The van der Waals surface area contributed by atoms with Crippen molar-refractivity contribution in [1.29, 1.82) is 0 Å². The van der Waals surface area contributed by atoms with E-state index in [1.54, 1.807) is 12.4 Å². The van der Waals surface area contributed by atoms with Crippen LogP contribution in [0.4, 0.5) is 5.82 Å². The highest BCUT2D eigenvalue weighted by Crippen LogP contribution is 2.39. The molecule has 1 aliphatic carbocycles. The van der Waals surface area contributed by atoms with Gasteiger partial charge in [-0.2, -0.15) is 4.98 Å². The lowest BCUT2D eigenvalue weighted by Gasteiger charge is -2.36. The predicted molar refractivity (Wildman–Crippen MR) is 78.5 cm³/mol. The molecule has 2 atom stereocenters. The summed E-state index contributed by atoms with van der Waals surface area (Å²) in [7, 11) is 0. The fourth-order valence-electron chi connectivity index (χ4n) is 2.86. The molecular weight excluding hydrogens is 282 g/mol. The number of nitrogens with zero attached hydrogens (tertiary/aromatic N) is 5. The van der Waals surface area contributed by atoms with E-state index in [0.29, 0.717) is 18.4 Å². The predicted octanol–water partition coefficient (Wildman–Crippen LogP) is 2.01. The summed E-state index contributed by atoms with van der Waals surface area (Å²) >= 11 is 0. The number of morpholine rings is 1. The van der Waals surface area contributed by atoms with Gasteiger partial charge in [0.25, 0.3) is 5.89 Å². The summed E-state index contributed by atoms with van der Waals surface area (Å²) in [4.78, 5) is 15.5. The molecule has 1 saturated carbocycles. The highest BCUT2D eigenvalue weighted by atomic mass is 16.5. The van der Waals surface area contributed by atoms with Crippen LogP contribution in [0.2, 0.25) is 0 Å². The van der Waals surface area contributed by atoms with E-state index in [-0.39, 0.29) is 12.2 Å². The molecule has 0 aromatic carbocycles. The van der Waals surface area contributed by atoms with Crippen molar-refractivity contribution in [2.45, 2.75) is 44.8 Å². The van der Waals surface area contributed by atoms with Crippen LogP contribution in [-0.4, -0.2) is 39.3 Å². The molecule has 2 fully saturated rings. The molecule has 7 nitrogen and oxygen atoms in total. The molecule has 0 spiro atoms. The quantitative estimate of drug-likeness (QED) is 0.858. The first kappa shape index (κ1) is 13.6. The molecule has 2 aromatic heterocycles. The van der Waals surface area contributed by atoms with Gasteiger partial charge < -0.3 is 14.2 Å². The van der Waals surface area contributed by atoms with Gasteiger partial charge in [-0.3, -0.25) is 4.98 Å². The van der Waals surface area contributed by atoms with E-state index in [1.807, 2.05) is 13.8 Å². The van der Waals surface area contributed by atoms with Crippen molar-refractivity contribution in [3.63, 3.8) is 0 Å². The van der Waals surface area contributed by atoms with Crippen LogP contribution in [0, 0.1) is 6.92 Å². The first-order valence-corrected chi connectivity index (χ1v) is 7.72. The van der Waals surface area contributed by atoms with Crippen molar-refractivity contribution in [3.05, 3.63) is 29.8 Å². The third-order valence-electron chi connectivity index (χ3n) is 4.09. The van der Waals surface area contributed by atoms with Gasteiger partial charge in [0.2, 0.25) is 0 Å². The van der Waals surface area contributed by atoms with E-state index < -0.39 is 0 Å². The van der Waals surface area contributed by atoms with Gasteiger partial charge in [-0.15, -0.1) is 0 Å². The topological polar surface area (TPSA) is 77.2 Å². The van der Waals surface area contributed by atoms with E-state index in [0.717, 1.165) is 36.7 Å². The number of aromatic nitrogens is 4. The Labute approximate surface area is 128 Å². The molecule has 1 saturated heterocycles. The smallest absolute Gasteiger partial charge is 0.257 e. The minimum absolute atomic E-state index is 0.0661. The summed E-state index contributed by atoms with van der Waals surface area (Å²) in [5, 5.41) is 4.08. The molecule has 4 rings (SSSR count). The Morgan fingerprint density at radius 2 is 2.00 bits per heavy atom. The molecule has 2 aliphatic rings. The Morgan fingerprint density at radius 3 is 2.77 bits per heavy atom. The molecule has 116 valence electrons. The van der Waals surface area contributed by atoms with Gasteiger partial charge in [0.1, 0.15) is 5.82 Å². The lowest BCUT2D eigenvalue weighted by Crippen LogP contribution is -2.43. The third kappa shape index (κ3) is 2.56. The minimum Gasteiger partial charge on any atom is -0.362 e. The number of aryl methyl sites for hydroxylation is 1. The van der Waals surface area contributed by atoms with Crippen molar-refractivity contribution in [2.75, 3.05) is 18.0 Å². The Hall–Kier alpha value is -2.02. The van der Waals surface area contributed by atoms with Crippen molar-refractivity contribution in [3.8, 4) is 0 Å². The van der Waals surface area contributed by atoms with Crippen LogP contribution in [0.1, 0.15) is 49.2 Å². The second-order valence-corrected chi connectivity index (χ2v) is 6.07. The van der Waals surface area contributed by atoms with Gasteiger partial charge in [0, 0.05) is 24.9 Å². The SMILES string of the molecule is Cc1nccnc1N1C[C@@H](C)O[C@@H](c2nc(C3CC3)no2)C1. The molecule has 2 aromatic rings. The fourth-order valence-corrected chi connectivity index (χ4v) is 2.86. The maximum atomic E-state index is 5.99. The van der Waals surface area contributed by atoms with Crippen molar-refractivity contribution >= 4 is 5.82 Å². The number of anilines is 1. The Bertz CT molecular complexity index is 669. The highest BCUT2D eigenvalue weighted by Gasteiger charge is 2.34. The van der Waals surface area contributed by atoms with Gasteiger partial charge in [0.05, 0.1) is 18.3 Å². The summed E-state index contributed by atoms with van der Waals surface area (Å²) in [6.07, 6.45) is 5.59. The molecule has 0 bridgehead atoms. The van der Waals surface area contributed by atoms with E-state index in [4.69, 9.17) is 9.26 Å². The minimum atomic E-state index is -0.217. The fraction of sp³-hybridized carbons (Fsp3) is 0.600. The van der Waals surface area contributed by atoms with Crippen LogP contribution in [0.15, 0.2) is 16.9 Å². The van der Waals surface area contributed by atoms with Crippen molar-refractivity contribution in [2.24, 2.45) is 0 Å². The van der Waals surface area contributed by atoms with Crippen LogP contribution >= 0.6 is 0 Å². The molecule has 0 N–H and O–H groups in total. The van der Waals surface area contributed by atoms with Crippen molar-refractivity contribution < 1.29 is 9.26 Å². The highest BCUT2D eigenvalue weighted by molar-refractivity contribution is 5.43. The number of hydrogen-bond acceptors (Lipinski definition) is 7. The number of ether oxygens (including phenoxy) is 1. The van der Waals surface area contributed by atoms with Gasteiger partial charge in [-0.05, 0) is 26.7 Å². The zero-order valence-electron chi connectivity index (χ0n) is 12.8. The second kappa shape index (κ2) is 5.31. The average Bonchev–Trinajstić information content (AvgIpc) is 3.24. The first-order chi connectivity index (χ1) is 10.7. The molecule has 0 amide bonds. The number of hydrogen-bond donors (Lipinski definition) is 0. The van der Waals surface area contributed by atoms with E-state index >= 15 is 0 Å². The number of rotatable bonds is 3. The zero-order chi connectivity index (χ0) is 15.1. The van der Waals surface area contributed by atoms with Gasteiger partial charge in [-0.25, -0.2) is 4.98 Å². The Morgan fingerprint density at radius 1 is 1.18 bits per heavy atom. The van der Waals surface area contributed by atoms with Crippen LogP contribution in [0.25, 0.3) is 0 Å². The third-order valence-corrected chi connectivity index (χ3v) is 4.09. The second-order valence-electron chi connectivity index (χ2n) is 6.07.